The van der Waals surface area contributed by atoms with E-state index in [2.05, 4.69) is 10.1 Å². The van der Waals surface area contributed by atoms with Crippen LogP contribution in [0.5, 0.6) is 0 Å². The largest absolute Gasteiger partial charge is 0.375 e. The summed E-state index contributed by atoms with van der Waals surface area (Å²) in [4.78, 5) is 16.0. The molecule has 0 aromatic carbocycles. The molecule has 0 unspecified atom stereocenters. The predicted molar refractivity (Wildman–Crippen MR) is 76.7 cm³/mol. The zero-order valence-corrected chi connectivity index (χ0v) is 11.5. The molecule has 0 radical (unpaired) electrons. The van der Waals surface area contributed by atoms with E-state index in [0.29, 0.717) is 17.3 Å². The number of nitrogens with zero attached hydrogens (tertiary/aromatic N) is 4. The summed E-state index contributed by atoms with van der Waals surface area (Å²) in [6.07, 6.45) is 3.47. The van der Waals surface area contributed by atoms with Crippen molar-refractivity contribution in [3.63, 3.8) is 0 Å². The highest BCUT2D eigenvalue weighted by molar-refractivity contribution is 8.01. The molecule has 0 aliphatic carbocycles. The molecule has 0 fully saturated rings. The molecule has 0 bridgehead atoms. The monoisotopic (exact) mass is 293 g/mol. The molecule has 0 spiro atoms. The van der Waals surface area contributed by atoms with Crippen LogP contribution < -0.4 is 11.4 Å². The summed E-state index contributed by atoms with van der Waals surface area (Å²) in [7, 11) is 0. The van der Waals surface area contributed by atoms with Gasteiger partial charge in [-0.2, -0.15) is 0 Å². The lowest BCUT2D eigenvalue weighted by atomic mass is 10.5. The standard InChI is InChI=1S/C11H11N5OS2/c12-10-13-7-9(19-10)18-6-5-16-11(17)15-4-2-1-3-8(15)14-16/h1-4,7H,5-6H2,(H2,12,13). The molecule has 3 aromatic heterocycles. The van der Waals surface area contributed by atoms with Gasteiger partial charge < -0.3 is 5.73 Å². The van der Waals surface area contributed by atoms with Gasteiger partial charge >= 0.3 is 5.69 Å². The molecule has 0 saturated heterocycles. The minimum atomic E-state index is -0.111. The first-order valence-corrected chi connectivity index (χ1v) is 7.42. The second kappa shape index (κ2) is 5.06. The van der Waals surface area contributed by atoms with Crippen molar-refractivity contribution in [2.24, 2.45) is 0 Å². The van der Waals surface area contributed by atoms with Gasteiger partial charge in [-0.25, -0.2) is 14.5 Å². The highest BCUT2D eigenvalue weighted by Gasteiger charge is 2.06. The molecule has 2 N–H and O–H groups in total. The van der Waals surface area contributed by atoms with Crippen molar-refractivity contribution in [3.05, 3.63) is 41.1 Å². The fraction of sp³-hybridized carbons (Fsp3) is 0.182. The number of pyridine rings is 1. The first-order chi connectivity index (χ1) is 9.24. The Balaban J connectivity index is 1.72. The van der Waals surface area contributed by atoms with Crippen molar-refractivity contribution in [1.29, 1.82) is 0 Å². The number of aryl methyl sites for hydroxylation is 1. The molecule has 6 nitrogen and oxygen atoms in total. The first-order valence-electron chi connectivity index (χ1n) is 5.62. The lowest BCUT2D eigenvalue weighted by Gasteiger charge is -1.97. The summed E-state index contributed by atoms with van der Waals surface area (Å²) in [5.74, 6) is 0.755. The van der Waals surface area contributed by atoms with Crippen LogP contribution in [-0.2, 0) is 6.54 Å². The van der Waals surface area contributed by atoms with Gasteiger partial charge in [-0.05, 0) is 12.1 Å². The van der Waals surface area contributed by atoms with E-state index in [0.717, 1.165) is 9.96 Å². The second-order valence-corrected chi connectivity index (χ2v) is 6.26. The Kier molecular flexibility index (Phi) is 3.26. The van der Waals surface area contributed by atoms with Crippen LogP contribution in [0.15, 0.2) is 39.6 Å². The topological polar surface area (TPSA) is 78.2 Å². The molecule has 8 heteroatoms. The number of rotatable bonds is 4. The van der Waals surface area contributed by atoms with Gasteiger partial charge in [0.05, 0.1) is 17.0 Å². The number of fused-ring (bicyclic) bond motifs is 1. The Hall–Kier alpha value is -1.80. The van der Waals surface area contributed by atoms with Crippen LogP contribution in [0, 0.1) is 0 Å². The molecule has 98 valence electrons. The quantitative estimate of drug-likeness (QED) is 0.734. The lowest BCUT2D eigenvalue weighted by molar-refractivity contribution is 0.640. The average molecular weight is 293 g/mol. The smallest absolute Gasteiger partial charge is 0.350 e. The summed E-state index contributed by atoms with van der Waals surface area (Å²) >= 11 is 3.07. The Bertz CT molecular complexity index is 760. The Morgan fingerprint density at radius 1 is 1.42 bits per heavy atom. The normalized spacial score (nSPS) is 11.2. The molecule has 0 aliphatic heterocycles. The summed E-state index contributed by atoms with van der Waals surface area (Å²) in [5.41, 5.74) is 6.11. The zero-order valence-electron chi connectivity index (χ0n) is 9.89. The highest BCUT2D eigenvalue weighted by Crippen LogP contribution is 2.26. The number of nitrogens with two attached hydrogens (primary N) is 1. The van der Waals surface area contributed by atoms with Gasteiger partial charge in [0.25, 0.3) is 0 Å². The molecule has 3 rings (SSSR count). The average Bonchev–Trinajstić information content (AvgIpc) is 2.96. The maximum Gasteiger partial charge on any atom is 0.350 e. The summed E-state index contributed by atoms with van der Waals surface area (Å²) < 4.78 is 4.07. The molecule has 3 aromatic rings. The first kappa shape index (κ1) is 12.2. The molecule has 0 amide bonds. The van der Waals surface area contributed by atoms with Crippen LogP contribution in [0.3, 0.4) is 0 Å². The number of nitrogen functional groups attached to an aromatic ring is 1. The van der Waals surface area contributed by atoms with E-state index in [4.69, 9.17) is 5.73 Å². The Morgan fingerprint density at radius 2 is 2.32 bits per heavy atom. The maximum atomic E-state index is 12.0. The van der Waals surface area contributed by atoms with Crippen LogP contribution >= 0.6 is 23.1 Å². The van der Waals surface area contributed by atoms with Gasteiger partial charge in [0.2, 0.25) is 0 Å². The summed E-state index contributed by atoms with van der Waals surface area (Å²) in [6, 6.07) is 5.49. The van der Waals surface area contributed by atoms with Gasteiger partial charge in [0.15, 0.2) is 10.8 Å². The third-order valence-corrected chi connectivity index (χ3v) is 4.54. The van der Waals surface area contributed by atoms with E-state index in [1.807, 2.05) is 18.2 Å². The molecule has 0 atom stereocenters. The molecule has 3 heterocycles. The lowest BCUT2D eigenvalue weighted by Crippen LogP contribution is -2.21. The van der Waals surface area contributed by atoms with Gasteiger partial charge in [-0.15, -0.1) is 16.9 Å². The van der Waals surface area contributed by atoms with E-state index in [1.165, 1.54) is 20.4 Å². The van der Waals surface area contributed by atoms with Crippen molar-refractivity contribution >= 4 is 33.9 Å². The van der Waals surface area contributed by atoms with Crippen LogP contribution in [0.2, 0.25) is 0 Å². The minimum absolute atomic E-state index is 0.111. The number of hydrogen-bond acceptors (Lipinski definition) is 6. The number of aromatic nitrogens is 4. The second-order valence-electron chi connectivity index (χ2n) is 3.80. The minimum Gasteiger partial charge on any atom is -0.375 e. The molecular weight excluding hydrogens is 282 g/mol. The fourth-order valence-electron chi connectivity index (χ4n) is 1.69. The van der Waals surface area contributed by atoms with Gasteiger partial charge in [-0.1, -0.05) is 17.4 Å². The van der Waals surface area contributed by atoms with Crippen molar-refractivity contribution in [1.82, 2.24) is 19.2 Å². The molecule has 0 aliphatic rings. The van der Waals surface area contributed by atoms with Crippen LogP contribution in [0.25, 0.3) is 5.65 Å². The van der Waals surface area contributed by atoms with Gasteiger partial charge in [0.1, 0.15) is 0 Å². The Morgan fingerprint density at radius 3 is 3.05 bits per heavy atom. The zero-order chi connectivity index (χ0) is 13.2. The highest BCUT2D eigenvalue weighted by atomic mass is 32.2. The van der Waals surface area contributed by atoms with E-state index in [1.54, 1.807) is 24.2 Å². The van der Waals surface area contributed by atoms with Crippen LogP contribution in [0.4, 0.5) is 5.13 Å². The van der Waals surface area contributed by atoms with Crippen molar-refractivity contribution in [2.75, 3.05) is 11.5 Å². The number of thioether (sulfide) groups is 1. The maximum absolute atomic E-state index is 12.0. The molecular formula is C11H11N5OS2. The predicted octanol–water partition coefficient (Wildman–Crippen LogP) is 1.33. The third-order valence-electron chi connectivity index (χ3n) is 2.54. The van der Waals surface area contributed by atoms with Crippen LogP contribution in [-0.4, -0.2) is 24.9 Å². The third kappa shape index (κ3) is 2.49. The number of thiazole rings is 1. The summed E-state index contributed by atoms with van der Waals surface area (Å²) in [6.45, 7) is 0.559. The molecule has 19 heavy (non-hydrogen) atoms. The van der Waals surface area contributed by atoms with Crippen molar-refractivity contribution in [3.8, 4) is 0 Å². The van der Waals surface area contributed by atoms with Crippen molar-refractivity contribution < 1.29 is 0 Å². The molecule has 0 saturated carbocycles. The number of anilines is 1. The van der Waals surface area contributed by atoms with E-state index < -0.39 is 0 Å². The van der Waals surface area contributed by atoms with E-state index in [-0.39, 0.29) is 5.69 Å². The van der Waals surface area contributed by atoms with Gasteiger partial charge in [0, 0.05) is 11.9 Å². The fourth-order valence-corrected chi connectivity index (χ4v) is 3.44. The Labute approximate surface area is 116 Å². The van der Waals surface area contributed by atoms with E-state index in [9.17, 15) is 4.79 Å². The SMILES string of the molecule is Nc1ncc(SCCn2nc3ccccn3c2=O)s1. The van der Waals surface area contributed by atoms with E-state index >= 15 is 0 Å². The van der Waals surface area contributed by atoms with Crippen molar-refractivity contribution in [2.45, 2.75) is 10.8 Å². The number of hydrogen-bond donors (Lipinski definition) is 1. The van der Waals surface area contributed by atoms with Gasteiger partial charge in [-0.3, -0.25) is 4.40 Å². The van der Waals surface area contributed by atoms with Crippen LogP contribution in [0.1, 0.15) is 0 Å². The summed E-state index contributed by atoms with van der Waals surface area (Å²) in [5, 5.41) is 4.83.